The first-order valence-corrected chi connectivity index (χ1v) is 5.83. The Morgan fingerprint density at radius 1 is 1.33 bits per heavy atom. The average molecular weight is 243 g/mol. The molecule has 0 bridgehead atoms. The summed E-state index contributed by atoms with van der Waals surface area (Å²) >= 11 is 0. The van der Waals surface area contributed by atoms with Crippen molar-refractivity contribution in [2.75, 3.05) is 0 Å². The van der Waals surface area contributed by atoms with Crippen molar-refractivity contribution in [2.24, 2.45) is 5.92 Å². The lowest BCUT2D eigenvalue weighted by atomic mass is 9.97. The first-order chi connectivity index (χ1) is 8.63. The van der Waals surface area contributed by atoms with Crippen molar-refractivity contribution >= 4 is 0 Å². The zero-order valence-corrected chi connectivity index (χ0v) is 10.3. The lowest BCUT2D eigenvalue weighted by molar-refractivity contribution is 0.566. The number of nitriles is 1. The molecule has 0 saturated carbocycles. The van der Waals surface area contributed by atoms with Crippen LogP contribution >= 0.6 is 0 Å². The number of imidazole rings is 1. The quantitative estimate of drug-likeness (QED) is 0.897. The summed E-state index contributed by atoms with van der Waals surface area (Å²) in [7, 11) is 0. The van der Waals surface area contributed by atoms with Gasteiger partial charge in [-0.1, -0.05) is 26.0 Å². The fourth-order valence-electron chi connectivity index (χ4n) is 1.84. The van der Waals surface area contributed by atoms with E-state index in [1.54, 1.807) is 24.4 Å². The van der Waals surface area contributed by atoms with Gasteiger partial charge in [0.25, 0.3) is 0 Å². The van der Waals surface area contributed by atoms with E-state index in [1.807, 2.05) is 13.8 Å². The van der Waals surface area contributed by atoms with Gasteiger partial charge < -0.3 is 4.98 Å². The number of hydrogen-bond donors (Lipinski definition) is 1. The molecular weight excluding hydrogens is 229 g/mol. The molecule has 1 unspecified atom stereocenters. The van der Waals surface area contributed by atoms with E-state index in [1.165, 1.54) is 6.07 Å². The minimum Gasteiger partial charge on any atom is -0.341 e. The Bertz CT molecular complexity index is 581. The predicted molar refractivity (Wildman–Crippen MR) is 67.2 cm³/mol. The van der Waals surface area contributed by atoms with E-state index in [4.69, 9.17) is 5.26 Å². The monoisotopic (exact) mass is 243 g/mol. The summed E-state index contributed by atoms with van der Waals surface area (Å²) in [5, 5.41) is 9.10. The van der Waals surface area contributed by atoms with Crippen LogP contribution in [0.15, 0.2) is 30.5 Å². The molecular formula is C14H14FN3. The highest BCUT2D eigenvalue weighted by atomic mass is 19.1. The SMILES string of the molecule is CC(C)C(C#N)c1ncc(-c2ccccc2F)[nH]1. The summed E-state index contributed by atoms with van der Waals surface area (Å²) in [6, 6.07) is 8.70. The molecule has 1 heterocycles. The van der Waals surface area contributed by atoms with Crippen LogP contribution in [0.5, 0.6) is 0 Å². The van der Waals surface area contributed by atoms with Crippen LogP contribution in [0.3, 0.4) is 0 Å². The van der Waals surface area contributed by atoms with Gasteiger partial charge in [-0.25, -0.2) is 9.37 Å². The van der Waals surface area contributed by atoms with Gasteiger partial charge in [-0.15, -0.1) is 0 Å². The number of rotatable bonds is 3. The molecule has 18 heavy (non-hydrogen) atoms. The summed E-state index contributed by atoms with van der Waals surface area (Å²) in [6.07, 6.45) is 1.57. The van der Waals surface area contributed by atoms with E-state index >= 15 is 0 Å². The summed E-state index contributed by atoms with van der Waals surface area (Å²) in [5.74, 6) is 0.150. The van der Waals surface area contributed by atoms with Crippen LogP contribution in [0.25, 0.3) is 11.3 Å². The van der Waals surface area contributed by atoms with Gasteiger partial charge in [0, 0.05) is 5.56 Å². The Kier molecular flexibility index (Phi) is 3.42. The molecule has 1 aromatic carbocycles. The van der Waals surface area contributed by atoms with Crippen LogP contribution in [0.2, 0.25) is 0 Å². The number of benzene rings is 1. The van der Waals surface area contributed by atoms with Crippen molar-refractivity contribution in [2.45, 2.75) is 19.8 Å². The molecule has 0 aliphatic carbocycles. The Hall–Kier alpha value is -2.15. The molecule has 0 amide bonds. The number of aromatic nitrogens is 2. The molecule has 2 rings (SSSR count). The van der Waals surface area contributed by atoms with Crippen molar-refractivity contribution in [3.63, 3.8) is 0 Å². The highest BCUT2D eigenvalue weighted by Crippen LogP contribution is 2.25. The molecule has 0 fully saturated rings. The maximum absolute atomic E-state index is 13.6. The van der Waals surface area contributed by atoms with E-state index in [-0.39, 0.29) is 17.7 Å². The van der Waals surface area contributed by atoms with E-state index in [9.17, 15) is 4.39 Å². The van der Waals surface area contributed by atoms with E-state index < -0.39 is 0 Å². The Balaban J connectivity index is 2.37. The standard InChI is InChI=1S/C14H14FN3/c1-9(2)11(7-16)14-17-8-13(18-14)10-5-3-4-6-12(10)15/h3-6,8-9,11H,1-2H3,(H,17,18). The second-order valence-corrected chi connectivity index (χ2v) is 4.51. The molecule has 4 heteroatoms. The lowest BCUT2D eigenvalue weighted by Crippen LogP contribution is -2.05. The van der Waals surface area contributed by atoms with Gasteiger partial charge in [-0.05, 0) is 18.1 Å². The van der Waals surface area contributed by atoms with Crippen LogP contribution < -0.4 is 0 Å². The normalized spacial score (nSPS) is 12.4. The van der Waals surface area contributed by atoms with Gasteiger partial charge in [-0.2, -0.15) is 5.26 Å². The summed E-state index contributed by atoms with van der Waals surface area (Å²) in [4.78, 5) is 7.21. The molecule has 0 spiro atoms. The van der Waals surface area contributed by atoms with Gasteiger partial charge in [0.05, 0.1) is 18.0 Å². The number of hydrogen-bond acceptors (Lipinski definition) is 2. The number of aromatic amines is 1. The fourth-order valence-corrected chi connectivity index (χ4v) is 1.84. The van der Waals surface area contributed by atoms with E-state index in [0.29, 0.717) is 17.1 Å². The van der Waals surface area contributed by atoms with Gasteiger partial charge >= 0.3 is 0 Å². The third-order valence-corrected chi connectivity index (χ3v) is 2.86. The molecule has 3 nitrogen and oxygen atoms in total. The molecule has 0 aliphatic rings. The highest BCUT2D eigenvalue weighted by molar-refractivity contribution is 5.59. The van der Waals surface area contributed by atoms with Crippen molar-refractivity contribution in [3.8, 4) is 17.3 Å². The van der Waals surface area contributed by atoms with Crippen molar-refractivity contribution in [1.29, 1.82) is 5.26 Å². The zero-order valence-electron chi connectivity index (χ0n) is 10.3. The number of nitrogens with one attached hydrogen (secondary N) is 1. The number of nitrogens with zero attached hydrogens (tertiary/aromatic N) is 2. The van der Waals surface area contributed by atoms with Crippen LogP contribution in [-0.2, 0) is 0 Å². The third kappa shape index (κ3) is 2.25. The molecule has 1 atom stereocenters. The molecule has 1 aromatic heterocycles. The average Bonchev–Trinajstić information content (AvgIpc) is 2.79. The van der Waals surface area contributed by atoms with Gasteiger partial charge in [0.15, 0.2) is 0 Å². The van der Waals surface area contributed by atoms with Crippen molar-refractivity contribution < 1.29 is 4.39 Å². The van der Waals surface area contributed by atoms with Gasteiger partial charge in [0.2, 0.25) is 0 Å². The molecule has 92 valence electrons. The van der Waals surface area contributed by atoms with Crippen molar-refractivity contribution in [1.82, 2.24) is 9.97 Å². The second-order valence-electron chi connectivity index (χ2n) is 4.51. The van der Waals surface area contributed by atoms with Crippen LogP contribution in [-0.4, -0.2) is 9.97 Å². The Morgan fingerprint density at radius 2 is 2.06 bits per heavy atom. The third-order valence-electron chi connectivity index (χ3n) is 2.86. The zero-order chi connectivity index (χ0) is 13.1. The number of H-pyrrole nitrogens is 1. The maximum atomic E-state index is 13.6. The summed E-state index contributed by atoms with van der Waals surface area (Å²) in [5.41, 5.74) is 1.07. The molecule has 0 aliphatic heterocycles. The Labute approximate surface area is 105 Å². The molecule has 2 aromatic rings. The smallest absolute Gasteiger partial charge is 0.132 e. The minimum absolute atomic E-state index is 0.162. The largest absolute Gasteiger partial charge is 0.341 e. The van der Waals surface area contributed by atoms with E-state index in [2.05, 4.69) is 16.0 Å². The Morgan fingerprint density at radius 3 is 2.67 bits per heavy atom. The van der Waals surface area contributed by atoms with E-state index in [0.717, 1.165) is 0 Å². The fraction of sp³-hybridized carbons (Fsp3) is 0.286. The van der Waals surface area contributed by atoms with Crippen molar-refractivity contribution in [3.05, 3.63) is 42.1 Å². The second kappa shape index (κ2) is 5.01. The predicted octanol–water partition coefficient (Wildman–Crippen LogP) is 3.48. The van der Waals surface area contributed by atoms with Gasteiger partial charge in [-0.3, -0.25) is 0 Å². The minimum atomic E-state index is -0.300. The molecule has 1 N–H and O–H groups in total. The van der Waals surface area contributed by atoms with Crippen LogP contribution in [0.1, 0.15) is 25.6 Å². The molecule has 0 radical (unpaired) electrons. The first-order valence-electron chi connectivity index (χ1n) is 5.83. The van der Waals surface area contributed by atoms with Crippen LogP contribution in [0, 0.1) is 23.1 Å². The summed E-state index contributed by atoms with van der Waals surface area (Å²) < 4.78 is 13.6. The topological polar surface area (TPSA) is 52.5 Å². The first kappa shape index (κ1) is 12.3. The van der Waals surface area contributed by atoms with Crippen LogP contribution in [0.4, 0.5) is 4.39 Å². The summed E-state index contributed by atoms with van der Waals surface area (Å²) in [6.45, 7) is 3.92. The lowest BCUT2D eigenvalue weighted by Gasteiger charge is -2.09. The molecule has 0 saturated heterocycles. The van der Waals surface area contributed by atoms with Gasteiger partial charge in [0.1, 0.15) is 17.6 Å². The maximum Gasteiger partial charge on any atom is 0.132 e. The highest BCUT2D eigenvalue weighted by Gasteiger charge is 2.19. The number of halogens is 1.